The first-order chi connectivity index (χ1) is 12.6. The maximum absolute atomic E-state index is 11.7. The maximum Gasteiger partial charge on any atom is 0.290 e. The average molecular weight is 362 g/mol. The second-order valence-corrected chi connectivity index (χ2v) is 6.44. The molecule has 0 unspecified atom stereocenters. The van der Waals surface area contributed by atoms with Crippen LogP contribution >= 0.6 is 11.8 Å². The molecule has 2 aromatic heterocycles. The summed E-state index contributed by atoms with van der Waals surface area (Å²) in [6.45, 7) is 0. The number of fused-ring (bicyclic) bond motifs is 1. The normalized spacial score (nSPS) is 15.3. The molecular weight excluding hydrogens is 352 g/mol. The van der Waals surface area contributed by atoms with Crippen LogP contribution in [-0.2, 0) is 4.79 Å². The molecule has 0 radical (unpaired) electrons. The number of carbonyl (C=O) groups is 2. The molecule has 2 amide bonds. The van der Waals surface area contributed by atoms with E-state index >= 15 is 0 Å². The van der Waals surface area contributed by atoms with Crippen LogP contribution in [0.3, 0.4) is 0 Å². The lowest BCUT2D eigenvalue weighted by molar-refractivity contribution is -0.115. The van der Waals surface area contributed by atoms with E-state index in [9.17, 15) is 9.59 Å². The zero-order valence-corrected chi connectivity index (χ0v) is 14.0. The van der Waals surface area contributed by atoms with E-state index < -0.39 is 11.1 Å². The molecule has 1 fully saturated rings. The SMILES string of the molecule is N#Cc1cccc(Nc2cncc3cc(/C=C4/SC(=O)NC4=O)oc23)c1. The van der Waals surface area contributed by atoms with E-state index in [1.807, 2.05) is 6.07 Å². The van der Waals surface area contributed by atoms with Crippen molar-refractivity contribution in [1.82, 2.24) is 10.3 Å². The number of rotatable bonds is 3. The van der Waals surface area contributed by atoms with Crippen LogP contribution in [0.2, 0.25) is 0 Å². The van der Waals surface area contributed by atoms with Crippen LogP contribution in [0.4, 0.5) is 16.2 Å². The van der Waals surface area contributed by atoms with Gasteiger partial charge in [-0.2, -0.15) is 5.26 Å². The van der Waals surface area contributed by atoms with Crippen LogP contribution in [-0.4, -0.2) is 16.1 Å². The van der Waals surface area contributed by atoms with Crippen LogP contribution in [0.5, 0.6) is 0 Å². The fourth-order valence-electron chi connectivity index (χ4n) is 2.51. The molecule has 1 aliphatic heterocycles. The number of hydrogen-bond acceptors (Lipinski definition) is 7. The number of imide groups is 1. The van der Waals surface area contributed by atoms with Gasteiger partial charge in [0.1, 0.15) is 11.4 Å². The molecule has 1 aliphatic rings. The van der Waals surface area contributed by atoms with E-state index in [4.69, 9.17) is 9.68 Å². The molecular formula is C18H10N4O3S. The van der Waals surface area contributed by atoms with Crippen LogP contribution in [0.15, 0.2) is 52.0 Å². The first-order valence-corrected chi connectivity index (χ1v) is 8.33. The standard InChI is InChI=1S/C18H10N4O3S/c19-7-10-2-1-3-12(4-10)21-14-9-20-8-11-5-13(25-16(11)14)6-15-17(23)22-18(24)26-15/h1-6,8-9,21H,(H,22,23,24)/b15-6+. The molecule has 7 nitrogen and oxygen atoms in total. The van der Waals surface area contributed by atoms with Gasteiger partial charge in [0.25, 0.3) is 11.1 Å². The summed E-state index contributed by atoms with van der Waals surface area (Å²) in [7, 11) is 0. The van der Waals surface area contributed by atoms with Gasteiger partial charge in [-0.15, -0.1) is 0 Å². The van der Waals surface area contributed by atoms with Crippen molar-refractivity contribution >= 4 is 51.3 Å². The molecule has 1 aromatic carbocycles. The summed E-state index contributed by atoms with van der Waals surface area (Å²) in [4.78, 5) is 27.4. The lowest BCUT2D eigenvalue weighted by Gasteiger charge is -2.06. The van der Waals surface area contributed by atoms with E-state index in [0.717, 1.165) is 22.8 Å². The molecule has 2 N–H and O–H groups in total. The Labute approximate surface area is 151 Å². The Bertz CT molecular complexity index is 1130. The first kappa shape index (κ1) is 15.9. The summed E-state index contributed by atoms with van der Waals surface area (Å²) in [5, 5.41) is 14.7. The summed E-state index contributed by atoms with van der Waals surface area (Å²) < 4.78 is 5.82. The topological polar surface area (TPSA) is 108 Å². The highest BCUT2D eigenvalue weighted by Crippen LogP contribution is 2.31. The van der Waals surface area contributed by atoms with Crippen LogP contribution < -0.4 is 10.6 Å². The second-order valence-electron chi connectivity index (χ2n) is 5.42. The molecule has 0 bridgehead atoms. The molecule has 0 atom stereocenters. The van der Waals surface area contributed by atoms with Gasteiger partial charge in [0.15, 0.2) is 5.58 Å². The number of aromatic nitrogens is 1. The van der Waals surface area contributed by atoms with Gasteiger partial charge in [-0.05, 0) is 36.0 Å². The van der Waals surface area contributed by atoms with Gasteiger partial charge in [-0.1, -0.05) is 6.07 Å². The third-order valence-electron chi connectivity index (χ3n) is 3.63. The highest BCUT2D eigenvalue weighted by molar-refractivity contribution is 8.18. The van der Waals surface area contributed by atoms with Crippen molar-refractivity contribution in [3.63, 3.8) is 0 Å². The molecule has 0 aliphatic carbocycles. The fraction of sp³-hybridized carbons (Fsp3) is 0. The maximum atomic E-state index is 11.7. The van der Waals surface area contributed by atoms with Gasteiger partial charge in [-0.3, -0.25) is 19.9 Å². The summed E-state index contributed by atoms with van der Waals surface area (Å²) in [5.74, 6) is -0.000534. The quantitative estimate of drug-likeness (QED) is 0.683. The monoisotopic (exact) mass is 362 g/mol. The summed E-state index contributed by atoms with van der Waals surface area (Å²) in [6.07, 6.45) is 4.78. The van der Waals surface area contributed by atoms with E-state index in [0.29, 0.717) is 22.6 Å². The summed E-state index contributed by atoms with van der Waals surface area (Å²) in [6, 6.07) is 10.9. The van der Waals surface area contributed by atoms with Crippen molar-refractivity contribution in [3.05, 3.63) is 59.0 Å². The third kappa shape index (κ3) is 3.03. The largest absolute Gasteiger partial charge is 0.454 e. The van der Waals surface area contributed by atoms with E-state index in [1.165, 1.54) is 6.08 Å². The van der Waals surface area contributed by atoms with Crippen molar-refractivity contribution < 1.29 is 14.0 Å². The highest BCUT2D eigenvalue weighted by Gasteiger charge is 2.25. The molecule has 3 aromatic rings. The Morgan fingerprint density at radius 3 is 2.92 bits per heavy atom. The van der Waals surface area contributed by atoms with E-state index in [1.54, 1.807) is 36.7 Å². The fourth-order valence-corrected chi connectivity index (χ4v) is 3.18. The first-order valence-electron chi connectivity index (χ1n) is 7.52. The number of nitriles is 1. The Morgan fingerprint density at radius 1 is 1.27 bits per heavy atom. The predicted octanol–water partition coefficient (Wildman–Crippen LogP) is 3.77. The summed E-state index contributed by atoms with van der Waals surface area (Å²) >= 11 is 0.829. The number of nitrogens with one attached hydrogen (secondary N) is 2. The zero-order valence-electron chi connectivity index (χ0n) is 13.1. The number of pyridine rings is 1. The van der Waals surface area contributed by atoms with Crippen molar-refractivity contribution in [2.24, 2.45) is 0 Å². The second kappa shape index (κ2) is 6.38. The number of nitrogens with zero attached hydrogens (tertiary/aromatic N) is 2. The van der Waals surface area contributed by atoms with Crippen LogP contribution in [0.1, 0.15) is 11.3 Å². The number of benzene rings is 1. The molecule has 0 saturated carbocycles. The minimum absolute atomic E-state index is 0.276. The van der Waals surface area contributed by atoms with Gasteiger partial charge in [0.05, 0.1) is 22.7 Å². The van der Waals surface area contributed by atoms with E-state index in [-0.39, 0.29) is 4.91 Å². The molecule has 3 heterocycles. The number of furan rings is 1. The third-order valence-corrected chi connectivity index (χ3v) is 4.44. The minimum Gasteiger partial charge on any atom is -0.454 e. The predicted molar refractivity (Wildman–Crippen MR) is 97.6 cm³/mol. The number of hydrogen-bond donors (Lipinski definition) is 2. The van der Waals surface area contributed by atoms with Gasteiger partial charge < -0.3 is 9.73 Å². The van der Waals surface area contributed by atoms with Crippen molar-refractivity contribution in [2.75, 3.05) is 5.32 Å². The lowest BCUT2D eigenvalue weighted by Crippen LogP contribution is -2.17. The van der Waals surface area contributed by atoms with Crippen molar-refractivity contribution in [2.45, 2.75) is 0 Å². The van der Waals surface area contributed by atoms with Crippen LogP contribution in [0, 0.1) is 11.3 Å². The number of amides is 2. The number of anilines is 2. The van der Waals surface area contributed by atoms with Gasteiger partial charge in [0, 0.05) is 23.3 Å². The van der Waals surface area contributed by atoms with Crippen molar-refractivity contribution in [1.29, 1.82) is 5.26 Å². The molecule has 8 heteroatoms. The van der Waals surface area contributed by atoms with E-state index in [2.05, 4.69) is 21.7 Å². The van der Waals surface area contributed by atoms with Gasteiger partial charge in [0.2, 0.25) is 0 Å². The summed E-state index contributed by atoms with van der Waals surface area (Å²) in [5.41, 5.74) is 2.45. The highest BCUT2D eigenvalue weighted by atomic mass is 32.2. The van der Waals surface area contributed by atoms with Gasteiger partial charge in [-0.25, -0.2) is 0 Å². The molecule has 26 heavy (non-hydrogen) atoms. The number of carbonyl (C=O) groups excluding carboxylic acids is 2. The molecule has 126 valence electrons. The smallest absolute Gasteiger partial charge is 0.290 e. The molecule has 1 saturated heterocycles. The zero-order chi connectivity index (χ0) is 18.1. The Balaban J connectivity index is 1.70. The number of thioether (sulfide) groups is 1. The Morgan fingerprint density at radius 2 is 2.15 bits per heavy atom. The van der Waals surface area contributed by atoms with Crippen molar-refractivity contribution in [3.8, 4) is 6.07 Å². The Kier molecular flexibility index (Phi) is 3.91. The average Bonchev–Trinajstić information content (AvgIpc) is 3.18. The molecule has 4 rings (SSSR count). The van der Waals surface area contributed by atoms with Gasteiger partial charge >= 0.3 is 0 Å². The lowest BCUT2D eigenvalue weighted by atomic mass is 10.2. The Hall–Kier alpha value is -3.57. The minimum atomic E-state index is -0.440. The molecule has 0 spiro atoms. The van der Waals surface area contributed by atoms with Crippen LogP contribution in [0.25, 0.3) is 17.0 Å².